The van der Waals surface area contributed by atoms with E-state index in [4.69, 9.17) is 9.47 Å². The van der Waals surface area contributed by atoms with Gasteiger partial charge in [-0.1, -0.05) is 26.0 Å². The topological polar surface area (TPSA) is 18.5 Å². The van der Waals surface area contributed by atoms with Crippen LogP contribution in [0, 0.1) is 12.8 Å². The first-order valence-electron chi connectivity index (χ1n) is 5.45. The van der Waals surface area contributed by atoms with E-state index in [1.54, 1.807) is 0 Å². The first-order chi connectivity index (χ1) is 7.18. The summed E-state index contributed by atoms with van der Waals surface area (Å²) >= 11 is 0. The van der Waals surface area contributed by atoms with Gasteiger partial charge < -0.3 is 9.47 Å². The number of hydrogen-bond donors (Lipinski definition) is 0. The van der Waals surface area contributed by atoms with E-state index in [0.29, 0.717) is 19.1 Å². The van der Waals surface area contributed by atoms with Crippen molar-refractivity contribution in [3.05, 3.63) is 29.8 Å². The van der Waals surface area contributed by atoms with Crippen LogP contribution >= 0.6 is 0 Å². The zero-order valence-corrected chi connectivity index (χ0v) is 9.82. The largest absolute Gasteiger partial charge is 0.491 e. The summed E-state index contributed by atoms with van der Waals surface area (Å²) in [7, 11) is 0. The second-order valence-corrected chi connectivity index (χ2v) is 4.13. The maximum absolute atomic E-state index is 5.54. The van der Waals surface area contributed by atoms with Crippen molar-refractivity contribution >= 4 is 0 Å². The minimum atomic E-state index is 0.587. The summed E-state index contributed by atoms with van der Waals surface area (Å²) in [4.78, 5) is 0. The maximum atomic E-state index is 5.54. The monoisotopic (exact) mass is 208 g/mol. The zero-order chi connectivity index (χ0) is 11.1. The van der Waals surface area contributed by atoms with Crippen LogP contribution < -0.4 is 4.74 Å². The van der Waals surface area contributed by atoms with Gasteiger partial charge in [-0.25, -0.2) is 0 Å². The van der Waals surface area contributed by atoms with E-state index < -0.39 is 0 Å². The fraction of sp³-hybridized carbons (Fsp3) is 0.538. The maximum Gasteiger partial charge on any atom is 0.119 e. The highest BCUT2D eigenvalue weighted by Gasteiger charge is 1.95. The predicted octanol–water partition coefficient (Wildman–Crippen LogP) is 3.05. The molecule has 0 aliphatic carbocycles. The van der Waals surface area contributed by atoms with Crippen molar-refractivity contribution in [2.75, 3.05) is 19.8 Å². The van der Waals surface area contributed by atoms with Gasteiger partial charge in [0.05, 0.1) is 6.61 Å². The van der Waals surface area contributed by atoms with Gasteiger partial charge in [-0.3, -0.25) is 0 Å². The van der Waals surface area contributed by atoms with E-state index in [-0.39, 0.29) is 0 Å². The van der Waals surface area contributed by atoms with Crippen LogP contribution in [-0.4, -0.2) is 19.8 Å². The van der Waals surface area contributed by atoms with Gasteiger partial charge in [0.15, 0.2) is 0 Å². The number of benzene rings is 1. The van der Waals surface area contributed by atoms with Crippen LogP contribution in [0.25, 0.3) is 0 Å². The standard InChI is InChI=1S/C13H20O2/c1-11(2)10-14-7-8-15-13-6-4-5-12(3)9-13/h4-6,9,11H,7-8,10H2,1-3H3. The molecule has 1 aromatic rings. The Kier molecular flexibility index (Phi) is 5.19. The van der Waals surface area contributed by atoms with Crippen LogP contribution in [0.15, 0.2) is 24.3 Å². The van der Waals surface area contributed by atoms with E-state index in [9.17, 15) is 0 Å². The molecule has 15 heavy (non-hydrogen) atoms. The van der Waals surface area contributed by atoms with E-state index in [1.165, 1.54) is 5.56 Å². The molecular weight excluding hydrogens is 188 g/mol. The van der Waals surface area contributed by atoms with Crippen molar-refractivity contribution in [1.29, 1.82) is 0 Å². The van der Waals surface area contributed by atoms with Crippen LogP contribution in [0.5, 0.6) is 5.75 Å². The highest BCUT2D eigenvalue weighted by molar-refractivity contribution is 5.27. The van der Waals surface area contributed by atoms with Crippen LogP contribution in [0.4, 0.5) is 0 Å². The third-order valence-electron chi connectivity index (χ3n) is 1.94. The Balaban J connectivity index is 2.15. The van der Waals surface area contributed by atoms with Gasteiger partial charge in [0.2, 0.25) is 0 Å². The number of rotatable bonds is 6. The van der Waals surface area contributed by atoms with Crippen molar-refractivity contribution in [3.8, 4) is 5.75 Å². The summed E-state index contributed by atoms with van der Waals surface area (Å²) in [5.74, 6) is 1.51. The second-order valence-electron chi connectivity index (χ2n) is 4.13. The molecule has 0 aliphatic heterocycles. The molecule has 2 heteroatoms. The van der Waals surface area contributed by atoms with Gasteiger partial charge in [-0.05, 0) is 30.5 Å². The molecule has 0 aliphatic rings. The summed E-state index contributed by atoms with van der Waals surface area (Å²) in [6.45, 7) is 8.42. The van der Waals surface area contributed by atoms with E-state index in [2.05, 4.69) is 26.8 Å². The highest BCUT2D eigenvalue weighted by atomic mass is 16.5. The molecule has 0 spiro atoms. The number of ether oxygens (including phenoxy) is 2. The fourth-order valence-corrected chi connectivity index (χ4v) is 1.24. The van der Waals surface area contributed by atoms with E-state index in [0.717, 1.165) is 12.4 Å². The number of aryl methyl sites for hydroxylation is 1. The summed E-state index contributed by atoms with van der Waals surface area (Å²) < 4.78 is 11.0. The molecule has 0 saturated carbocycles. The predicted molar refractivity (Wildman–Crippen MR) is 62.3 cm³/mol. The van der Waals surface area contributed by atoms with Crippen molar-refractivity contribution in [3.63, 3.8) is 0 Å². The minimum absolute atomic E-state index is 0.587. The SMILES string of the molecule is Cc1cccc(OCCOCC(C)C)c1. The van der Waals surface area contributed by atoms with Gasteiger partial charge in [0.1, 0.15) is 12.4 Å². The molecule has 0 bridgehead atoms. The van der Waals surface area contributed by atoms with Gasteiger partial charge in [-0.2, -0.15) is 0 Å². The fourth-order valence-electron chi connectivity index (χ4n) is 1.24. The normalized spacial score (nSPS) is 10.7. The lowest BCUT2D eigenvalue weighted by atomic mass is 10.2. The Morgan fingerprint density at radius 1 is 1.20 bits per heavy atom. The third-order valence-corrected chi connectivity index (χ3v) is 1.94. The average molecular weight is 208 g/mol. The summed E-state index contributed by atoms with van der Waals surface area (Å²) in [5.41, 5.74) is 1.22. The summed E-state index contributed by atoms with van der Waals surface area (Å²) in [5, 5.41) is 0. The first kappa shape index (κ1) is 12.1. The second kappa shape index (κ2) is 6.46. The van der Waals surface area contributed by atoms with E-state index >= 15 is 0 Å². The molecule has 1 rings (SSSR count). The lowest BCUT2D eigenvalue weighted by Crippen LogP contribution is -2.10. The Morgan fingerprint density at radius 3 is 2.67 bits per heavy atom. The zero-order valence-electron chi connectivity index (χ0n) is 9.82. The quantitative estimate of drug-likeness (QED) is 0.669. The van der Waals surface area contributed by atoms with Gasteiger partial charge >= 0.3 is 0 Å². The van der Waals surface area contributed by atoms with Crippen LogP contribution in [0.2, 0.25) is 0 Å². The molecule has 2 nitrogen and oxygen atoms in total. The lowest BCUT2D eigenvalue weighted by molar-refractivity contribution is 0.0819. The van der Waals surface area contributed by atoms with Crippen molar-refractivity contribution in [1.82, 2.24) is 0 Å². The average Bonchev–Trinajstić information content (AvgIpc) is 2.17. The molecule has 0 amide bonds. The molecule has 0 unspecified atom stereocenters. The number of hydrogen-bond acceptors (Lipinski definition) is 2. The van der Waals surface area contributed by atoms with Crippen LogP contribution in [0.1, 0.15) is 19.4 Å². The molecule has 0 saturated heterocycles. The molecule has 0 aromatic heterocycles. The van der Waals surface area contributed by atoms with Crippen molar-refractivity contribution < 1.29 is 9.47 Å². The van der Waals surface area contributed by atoms with Crippen LogP contribution in [0.3, 0.4) is 0 Å². The molecule has 84 valence electrons. The molecule has 0 fully saturated rings. The molecule has 1 aromatic carbocycles. The molecule has 0 radical (unpaired) electrons. The summed E-state index contributed by atoms with van der Waals surface area (Å²) in [6, 6.07) is 8.06. The molecule has 0 heterocycles. The van der Waals surface area contributed by atoms with Gasteiger partial charge in [0, 0.05) is 6.61 Å². The minimum Gasteiger partial charge on any atom is -0.491 e. The van der Waals surface area contributed by atoms with Gasteiger partial charge in [-0.15, -0.1) is 0 Å². The molecular formula is C13H20O2. The smallest absolute Gasteiger partial charge is 0.119 e. The highest BCUT2D eigenvalue weighted by Crippen LogP contribution is 2.11. The molecule has 0 atom stereocenters. The summed E-state index contributed by atoms with van der Waals surface area (Å²) in [6.07, 6.45) is 0. The molecule has 0 N–H and O–H groups in total. The first-order valence-corrected chi connectivity index (χ1v) is 5.45. The Morgan fingerprint density at radius 2 is 2.00 bits per heavy atom. The Labute approximate surface area is 92.2 Å². The third kappa shape index (κ3) is 5.43. The van der Waals surface area contributed by atoms with Crippen molar-refractivity contribution in [2.45, 2.75) is 20.8 Å². The van der Waals surface area contributed by atoms with Crippen molar-refractivity contribution in [2.24, 2.45) is 5.92 Å². The van der Waals surface area contributed by atoms with E-state index in [1.807, 2.05) is 18.2 Å². The lowest BCUT2D eigenvalue weighted by Gasteiger charge is -2.08. The van der Waals surface area contributed by atoms with Gasteiger partial charge in [0.25, 0.3) is 0 Å². The Bertz CT molecular complexity index is 282. The van der Waals surface area contributed by atoms with Crippen LogP contribution in [-0.2, 0) is 4.74 Å². The Hall–Kier alpha value is -1.02.